The smallest absolute Gasteiger partial charge is 0.0715 e. The van der Waals surface area contributed by atoms with Gasteiger partial charge in [0.1, 0.15) is 0 Å². The molecule has 1 saturated carbocycles. The Balaban J connectivity index is 1.73. The van der Waals surface area contributed by atoms with Crippen LogP contribution in [0.25, 0.3) is 0 Å². The van der Waals surface area contributed by atoms with Crippen molar-refractivity contribution in [2.75, 3.05) is 13.1 Å². The summed E-state index contributed by atoms with van der Waals surface area (Å²) in [6.45, 7) is 4.57. The van der Waals surface area contributed by atoms with Gasteiger partial charge in [0, 0.05) is 6.54 Å². The normalized spacial score (nSPS) is 40.8. The van der Waals surface area contributed by atoms with Crippen molar-refractivity contribution >= 4 is 0 Å². The Labute approximate surface area is 81.0 Å². The van der Waals surface area contributed by atoms with E-state index in [1.807, 2.05) is 0 Å². The second-order valence-corrected chi connectivity index (χ2v) is 4.64. The summed E-state index contributed by atoms with van der Waals surface area (Å²) in [4.78, 5) is 0. The third-order valence-electron chi connectivity index (χ3n) is 3.29. The standard InChI is InChI=1S/C11H21NO/c1-9-3-2-4-10(7-9)13-11-5-6-12-8-11/h9-12H,2-8H2,1H3. The fourth-order valence-electron chi connectivity index (χ4n) is 2.52. The van der Waals surface area contributed by atoms with Gasteiger partial charge in [0.2, 0.25) is 0 Å². The topological polar surface area (TPSA) is 21.3 Å². The number of rotatable bonds is 2. The molecule has 1 saturated heterocycles. The Bertz CT molecular complexity index is 154. The predicted octanol–water partition coefficient (Wildman–Crippen LogP) is 1.94. The van der Waals surface area contributed by atoms with Crippen molar-refractivity contribution in [3.05, 3.63) is 0 Å². The maximum Gasteiger partial charge on any atom is 0.0715 e. The van der Waals surface area contributed by atoms with Crippen LogP contribution in [0.2, 0.25) is 0 Å². The zero-order valence-corrected chi connectivity index (χ0v) is 8.59. The van der Waals surface area contributed by atoms with E-state index in [2.05, 4.69) is 12.2 Å². The molecule has 1 aliphatic carbocycles. The second-order valence-electron chi connectivity index (χ2n) is 4.64. The van der Waals surface area contributed by atoms with Crippen molar-refractivity contribution in [2.24, 2.45) is 5.92 Å². The number of hydrogen-bond donors (Lipinski definition) is 1. The van der Waals surface area contributed by atoms with Gasteiger partial charge in [0.15, 0.2) is 0 Å². The third kappa shape index (κ3) is 2.68. The molecule has 76 valence electrons. The van der Waals surface area contributed by atoms with Crippen LogP contribution < -0.4 is 5.32 Å². The van der Waals surface area contributed by atoms with Gasteiger partial charge in [-0.3, -0.25) is 0 Å². The van der Waals surface area contributed by atoms with Crippen molar-refractivity contribution in [3.8, 4) is 0 Å². The summed E-state index contributed by atoms with van der Waals surface area (Å²) in [5.41, 5.74) is 0. The Morgan fingerprint density at radius 2 is 2.08 bits per heavy atom. The summed E-state index contributed by atoms with van der Waals surface area (Å²) in [6, 6.07) is 0. The highest BCUT2D eigenvalue weighted by Crippen LogP contribution is 2.27. The molecule has 0 aromatic heterocycles. The summed E-state index contributed by atoms with van der Waals surface area (Å²) >= 11 is 0. The van der Waals surface area contributed by atoms with Crippen molar-refractivity contribution < 1.29 is 4.74 Å². The van der Waals surface area contributed by atoms with E-state index in [0.717, 1.165) is 19.0 Å². The van der Waals surface area contributed by atoms with E-state index in [1.165, 1.54) is 32.1 Å². The van der Waals surface area contributed by atoms with Crippen LogP contribution in [0.1, 0.15) is 39.0 Å². The molecule has 0 bridgehead atoms. The molecule has 0 spiro atoms. The van der Waals surface area contributed by atoms with Gasteiger partial charge >= 0.3 is 0 Å². The molecule has 0 amide bonds. The lowest BCUT2D eigenvalue weighted by molar-refractivity contribution is -0.0292. The SMILES string of the molecule is CC1CCCC(OC2CCNC2)C1. The molecule has 3 unspecified atom stereocenters. The lowest BCUT2D eigenvalue weighted by Crippen LogP contribution is -2.28. The van der Waals surface area contributed by atoms with Crippen molar-refractivity contribution in [1.82, 2.24) is 5.32 Å². The highest BCUT2D eigenvalue weighted by molar-refractivity contribution is 4.76. The lowest BCUT2D eigenvalue weighted by Gasteiger charge is -2.29. The summed E-state index contributed by atoms with van der Waals surface area (Å²) in [5.74, 6) is 0.883. The van der Waals surface area contributed by atoms with Crippen LogP contribution in [0.5, 0.6) is 0 Å². The first kappa shape index (κ1) is 9.47. The van der Waals surface area contributed by atoms with Crippen LogP contribution in [0, 0.1) is 5.92 Å². The van der Waals surface area contributed by atoms with Gasteiger partial charge in [-0.2, -0.15) is 0 Å². The van der Waals surface area contributed by atoms with Crippen LogP contribution in [0.15, 0.2) is 0 Å². The Morgan fingerprint density at radius 3 is 2.77 bits per heavy atom. The molecular weight excluding hydrogens is 162 g/mol. The van der Waals surface area contributed by atoms with Crippen LogP contribution in [-0.2, 0) is 4.74 Å². The quantitative estimate of drug-likeness (QED) is 0.706. The van der Waals surface area contributed by atoms with Crippen LogP contribution in [0.3, 0.4) is 0 Å². The van der Waals surface area contributed by atoms with E-state index >= 15 is 0 Å². The zero-order valence-electron chi connectivity index (χ0n) is 8.59. The van der Waals surface area contributed by atoms with Gasteiger partial charge in [-0.05, 0) is 31.7 Å². The molecule has 1 N–H and O–H groups in total. The molecule has 0 aromatic rings. The first-order chi connectivity index (χ1) is 6.34. The molecule has 3 atom stereocenters. The summed E-state index contributed by atoms with van der Waals surface area (Å²) in [6.07, 6.45) is 7.64. The fraction of sp³-hybridized carbons (Fsp3) is 1.00. The Kier molecular flexibility index (Phi) is 3.23. The van der Waals surface area contributed by atoms with E-state index in [0.29, 0.717) is 12.2 Å². The number of nitrogens with one attached hydrogen (secondary N) is 1. The molecule has 13 heavy (non-hydrogen) atoms. The maximum atomic E-state index is 6.06. The van der Waals surface area contributed by atoms with E-state index < -0.39 is 0 Å². The van der Waals surface area contributed by atoms with E-state index in [9.17, 15) is 0 Å². The van der Waals surface area contributed by atoms with Crippen LogP contribution >= 0.6 is 0 Å². The largest absolute Gasteiger partial charge is 0.374 e. The summed E-state index contributed by atoms with van der Waals surface area (Å²) < 4.78 is 6.06. The highest BCUT2D eigenvalue weighted by Gasteiger charge is 2.24. The van der Waals surface area contributed by atoms with E-state index in [1.54, 1.807) is 0 Å². The van der Waals surface area contributed by atoms with Gasteiger partial charge in [-0.15, -0.1) is 0 Å². The van der Waals surface area contributed by atoms with Crippen molar-refractivity contribution in [1.29, 1.82) is 0 Å². The first-order valence-electron chi connectivity index (χ1n) is 5.71. The van der Waals surface area contributed by atoms with Gasteiger partial charge in [-0.25, -0.2) is 0 Å². The molecule has 0 aromatic carbocycles. The van der Waals surface area contributed by atoms with Crippen molar-refractivity contribution in [3.63, 3.8) is 0 Å². The van der Waals surface area contributed by atoms with Gasteiger partial charge in [-0.1, -0.05) is 19.8 Å². The average molecular weight is 183 g/mol. The summed E-state index contributed by atoms with van der Waals surface area (Å²) in [5, 5.41) is 3.35. The minimum Gasteiger partial charge on any atom is -0.374 e. The number of hydrogen-bond acceptors (Lipinski definition) is 2. The average Bonchev–Trinajstić information content (AvgIpc) is 2.57. The molecule has 2 fully saturated rings. The molecule has 2 rings (SSSR count). The fourth-order valence-corrected chi connectivity index (χ4v) is 2.52. The maximum absolute atomic E-state index is 6.06. The van der Waals surface area contributed by atoms with Crippen molar-refractivity contribution in [2.45, 2.75) is 51.2 Å². The lowest BCUT2D eigenvalue weighted by atomic mass is 9.88. The van der Waals surface area contributed by atoms with Gasteiger partial charge < -0.3 is 10.1 Å². The van der Waals surface area contributed by atoms with Crippen LogP contribution in [0.4, 0.5) is 0 Å². The number of ether oxygens (including phenoxy) is 1. The molecule has 1 aliphatic heterocycles. The van der Waals surface area contributed by atoms with Crippen LogP contribution in [-0.4, -0.2) is 25.3 Å². The Hall–Kier alpha value is -0.0800. The van der Waals surface area contributed by atoms with E-state index in [-0.39, 0.29) is 0 Å². The minimum atomic E-state index is 0.510. The second kappa shape index (κ2) is 4.43. The van der Waals surface area contributed by atoms with E-state index in [4.69, 9.17) is 4.74 Å². The summed E-state index contributed by atoms with van der Waals surface area (Å²) in [7, 11) is 0. The molecule has 2 heteroatoms. The monoisotopic (exact) mass is 183 g/mol. The zero-order chi connectivity index (χ0) is 9.10. The molecular formula is C11H21NO. The molecule has 2 nitrogen and oxygen atoms in total. The molecule has 1 heterocycles. The van der Waals surface area contributed by atoms with Gasteiger partial charge in [0.05, 0.1) is 12.2 Å². The Morgan fingerprint density at radius 1 is 1.15 bits per heavy atom. The van der Waals surface area contributed by atoms with Gasteiger partial charge in [0.25, 0.3) is 0 Å². The predicted molar refractivity (Wildman–Crippen MR) is 53.8 cm³/mol. The molecule has 2 aliphatic rings. The highest BCUT2D eigenvalue weighted by atomic mass is 16.5. The first-order valence-corrected chi connectivity index (χ1v) is 5.71. The molecule has 0 radical (unpaired) electrons. The third-order valence-corrected chi connectivity index (χ3v) is 3.29. The minimum absolute atomic E-state index is 0.510.